The number of nitrogens with one attached hydrogen (secondary N) is 4. The highest BCUT2D eigenvalue weighted by Crippen LogP contribution is 2.39. The molecule has 1 aromatic carbocycles. The normalized spacial score (nSPS) is 13.7. The number of fused-ring (bicyclic) bond motifs is 1. The molecule has 1 aliphatic heterocycles. The molecule has 3 amide bonds. The second kappa shape index (κ2) is 13.3. The Bertz CT molecular complexity index is 1670. The molecule has 4 heterocycles. The van der Waals surface area contributed by atoms with Crippen LogP contribution < -0.4 is 26.0 Å². The number of carbonyl (C=O) groups excluding carboxylic acids is 3. The van der Waals surface area contributed by atoms with Crippen molar-refractivity contribution in [1.29, 1.82) is 0 Å². The fourth-order valence-corrected chi connectivity index (χ4v) is 5.57. The standard InChI is InChI=1S/C30H34N8O5S/c1-5-32-26(40)38-28-35-22-15-18(14-19(23(22)44-28)21-8-6-7-11-33-21)20-16-34-27(42-25(39)17-9-12-31-13-10-17)36-24(20)37-29(41)43-30(2,3)4/h6-8,11,14-17,31H,5,9-10,12-13H2,1-4H3,(H2,32,35,38,40)(H,34,36,37,41). The molecule has 0 radical (unpaired) electrons. The molecule has 230 valence electrons. The summed E-state index contributed by atoms with van der Waals surface area (Å²) in [6.45, 7) is 9.00. The van der Waals surface area contributed by atoms with Gasteiger partial charge in [-0.05, 0) is 83.5 Å². The molecule has 14 heteroatoms. The molecule has 4 aromatic rings. The van der Waals surface area contributed by atoms with Gasteiger partial charge in [-0.25, -0.2) is 19.6 Å². The van der Waals surface area contributed by atoms with Gasteiger partial charge in [0.1, 0.15) is 5.60 Å². The molecule has 1 fully saturated rings. The average Bonchev–Trinajstić information content (AvgIpc) is 3.39. The molecule has 0 atom stereocenters. The van der Waals surface area contributed by atoms with Gasteiger partial charge in [-0.15, -0.1) is 0 Å². The topological polar surface area (TPSA) is 169 Å². The van der Waals surface area contributed by atoms with E-state index < -0.39 is 17.7 Å². The van der Waals surface area contributed by atoms with Gasteiger partial charge in [0.25, 0.3) is 0 Å². The van der Waals surface area contributed by atoms with Crippen LogP contribution in [0.2, 0.25) is 0 Å². The van der Waals surface area contributed by atoms with Gasteiger partial charge in [-0.1, -0.05) is 17.4 Å². The van der Waals surface area contributed by atoms with Gasteiger partial charge in [0.05, 0.1) is 21.8 Å². The summed E-state index contributed by atoms with van der Waals surface area (Å²) in [5.41, 5.74) is 2.30. The molecule has 0 saturated carbocycles. The van der Waals surface area contributed by atoms with E-state index in [4.69, 9.17) is 9.47 Å². The van der Waals surface area contributed by atoms with Crippen LogP contribution in [0.3, 0.4) is 0 Å². The maximum atomic E-state index is 12.9. The maximum absolute atomic E-state index is 12.9. The number of amides is 3. The number of hydrogen-bond acceptors (Lipinski definition) is 11. The molecule has 1 aliphatic rings. The summed E-state index contributed by atoms with van der Waals surface area (Å²) >= 11 is 1.31. The molecule has 13 nitrogen and oxygen atoms in total. The van der Waals surface area contributed by atoms with Crippen molar-refractivity contribution in [1.82, 2.24) is 30.6 Å². The van der Waals surface area contributed by atoms with Crippen molar-refractivity contribution in [3.63, 3.8) is 0 Å². The Morgan fingerprint density at radius 3 is 2.55 bits per heavy atom. The molecule has 1 saturated heterocycles. The van der Waals surface area contributed by atoms with E-state index in [9.17, 15) is 14.4 Å². The van der Waals surface area contributed by atoms with E-state index in [1.54, 1.807) is 33.0 Å². The molecule has 44 heavy (non-hydrogen) atoms. The van der Waals surface area contributed by atoms with Gasteiger partial charge in [-0.3, -0.25) is 20.4 Å². The SMILES string of the molecule is CCNC(=O)Nc1nc2cc(-c3cnc(OC(=O)C4CCNCC4)nc3NC(=O)OC(C)(C)C)cc(-c3ccccn3)c2s1. The highest BCUT2D eigenvalue weighted by molar-refractivity contribution is 7.22. The van der Waals surface area contributed by atoms with E-state index in [1.165, 1.54) is 17.5 Å². The summed E-state index contributed by atoms with van der Waals surface area (Å²) in [5.74, 6) is -0.600. The largest absolute Gasteiger partial charge is 0.444 e. The van der Waals surface area contributed by atoms with Crippen LogP contribution in [-0.2, 0) is 9.53 Å². The van der Waals surface area contributed by atoms with E-state index in [2.05, 4.69) is 41.2 Å². The lowest BCUT2D eigenvalue weighted by Gasteiger charge is -2.21. The smallest absolute Gasteiger partial charge is 0.413 e. The van der Waals surface area contributed by atoms with Gasteiger partial charge in [0, 0.05) is 30.1 Å². The predicted molar refractivity (Wildman–Crippen MR) is 168 cm³/mol. The van der Waals surface area contributed by atoms with Crippen LogP contribution in [0.4, 0.5) is 20.5 Å². The Labute approximate surface area is 258 Å². The molecular weight excluding hydrogens is 584 g/mol. The number of urea groups is 1. The minimum Gasteiger partial charge on any atom is -0.444 e. The minimum atomic E-state index is -0.763. The van der Waals surface area contributed by atoms with Crippen LogP contribution in [0.15, 0.2) is 42.7 Å². The molecular formula is C30H34N8O5S. The molecule has 4 N–H and O–H groups in total. The van der Waals surface area contributed by atoms with Crippen molar-refractivity contribution in [2.45, 2.75) is 46.1 Å². The fraction of sp³-hybridized carbons (Fsp3) is 0.367. The molecule has 5 rings (SSSR count). The van der Waals surface area contributed by atoms with Crippen LogP contribution in [-0.4, -0.2) is 63.3 Å². The molecule has 0 spiro atoms. The quantitative estimate of drug-likeness (QED) is 0.202. The molecule has 0 bridgehead atoms. The summed E-state index contributed by atoms with van der Waals surface area (Å²) in [7, 11) is 0. The van der Waals surface area contributed by atoms with Crippen LogP contribution >= 0.6 is 11.3 Å². The summed E-state index contributed by atoms with van der Waals surface area (Å²) in [6.07, 6.45) is 3.74. The highest BCUT2D eigenvalue weighted by atomic mass is 32.1. The fourth-order valence-electron chi connectivity index (χ4n) is 4.61. The predicted octanol–water partition coefficient (Wildman–Crippen LogP) is 5.21. The lowest BCUT2D eigenvalue weighted by Crippen LogP contribution is -2.34. The Morgan fingerprint density at radius 2 is 1.84 bits per heavy atom. The van der Waals surface area contributed by atoms with Crippen molar-refractivity contribution in [2.75, 3.05) is 30.3 Å². The molecule has 3 aromatic heterocycles. The van der Waals surface area contributed by atoms with E-state index in [-0.39, 0.29) is 23.8 Å². The first-order valence-corrected chi connectivity index (χ1v) is 15.1. The third-order valence-corrected chi connectivity index (χ3v) is 7.57. The first-order valence-electron chi connectivity index (χ1n) is 14.3. The second-order valence-electron chi connectivity index (χ2n) is 11.1. The number of benzene rings is 1. The number of esters is 1. The second-order valence-corrected chi connectivity index (χ2v) is 12.1. The van der Waals surface area contributed by atoms with Crippen LogP contribution in [0.25, 0.3) is 32.6 Å². The van der Waals surface area contributed by atoms with Crippen LogP contribution in [0.5, 0.6) is 6.01 Å². The Kier molecular flexibility index (Phi) is 9.30. The van der Waals surface area contributed by atoms with Gasteiger partial charge >= 0.3 is 24.1 Å². The van der Waals surface area contributed by atoms with E-state index in [0.29, 0.717) is 46.9 Å². The lowest BCUT2D eigenvalue weighted by atomic mass is 9.99. The number of thiazole rings is 1. The average molecular weight is 619 g/mol. The number of anilines is 2. The van der Waals surface area contributed by atoms with Gasteiger partial charge in [-0.2, -0.15) is 4.98 Å². The van der Waals surface area contributed by atoms with Crippen molar-refractivity contribution >= 4 is 50.6 Å². The zero-order valence-corrected chi connectivity index (χ0v) is 25.7. The number of nitrogens with zero attached hydrogens (tertiary/aromatic N) is 4. The molecule has 0 aliphatic carbocycles. The number of piperidine rings is 1. The highest BCUT2D eigenvalue weighted by Gasteiger charge is 2.26. The first kappa shape index (κ1) is 30.8. The summed E-state index contributed by atoms with van der Waals surface area (Å²) < 4.78 is 11.8. The lowest BCUT2D eigenvalue weighted by molar-refractivity contribution is -0.140. The monoisotopic (exact) mass is 618 g/mol. The number of hydrogen-bond donors (Lipinski definition) is 4. The van der Waals surface area contributed by atoms with Gasteiger partial charge < -0.3 is 20.1 Å². The van der Waals surface area contributed by atoms with Crippen LogP contribution in [0.1, 0.15) is 40.5 Å². The number of ether oxygens (including phenoxy) is 2. The Morgan fingerprint density at radius 1 is 1.05 bits per heavy atom. The van der Waals surface area contributed by atoms with Crippen molar-refractivity contribution < 1.29 is 23.9 Å². The summed E-state index contributed by atoms with van der Waals surface area (Å²) in [4.78, 5) is 55.8. The number of rotatable bonds is 7. The van der Waals surface area contributed by atoms with Crippen LogP contribution in [0, 0.1) is 5.92 Å². The summed E-state index contributed by atoms with van der Waals surface area (Å²) in [5, 5.41) is 11.8. The maximum Gasteiger partial charge on any atom is 0.413 e. The third-order valence-electron chi connectivity index (χ3n) is 6.55. The van der Waals surface area contributed by atoms with Gasteiger partial charge in [0.2, 0.25) is 0 Å². The van der Waals surface area contributed by atoms with Gasteiger partial charge in [0.15, 0.2) is 10.9 Å². The van der Waals surface area contributed by atoms with Crippen molar-refractivity contribution in [2.24, 2.45) is 5.92 Å². The minimum absolute atomic E-state index is 0.0876. The first-order chi connectivity index (χ1) is 21.1. The van der Waals surface area contributed by atoms with E-state index in [0.717, 1.165) is 23.4 Å². The number of carbonyl (C=O) groups is 3. The van der Waals surface area contributed by atoms with Crippen molar-refractivity contribution in [3.8, 4) is 28.4 Å². The Balaban J connectivity index is 1.57. The molecule has 0 unspecified atom stereocenters. The number of aromatic nitrogens is 4. The van der Waals surface area contributed by atoms with Crippen molar-refractivity contribution in [3.05, 3.63) is 42.7 Å². The third kappa shape index (κ3) is 7.63. The number of pyridine rings is 1. The zero-order chi connectivity index (χ0) is 31.3. The Hall–Kier alpha value is -4.69. The zero-order valence-electron chi connectivity index (χ0n) is 24.9. The summed E-state index contributed by atoms with van der Waals surface area (Å²) in [6, 6.07) is 8.71. The van der Waals surface area contributed by atoms with E-state index in [1.807, 2.05) is 31.2 Å². The van der Waals surface area contributed by atoms with E-state index >= 15 is 0 Å².